The van der Waals surface area contributed by atoms with E-state index in [1.54, 1.807) is 25.2 Å². The van der Waals surface area contributed by atoms with Gasteiger partial charge in [-0.1, -0.05) is 43.9 Å². The van der Waals surface area contributed by atoms with Gasteiger partial charge in [0.05, 0.1) is 121 Å². The van der Waals surface area contributed by atoms with Crippen molar-refractivity contribution in [2.45, 2.75) is 275 Å². The number of aliphatic hydroxyl groups is 2. The largest absolute Gasteiger partial charge is 0.397 e. The molecule has 0 aromatic heterocycles. The summed E-state index contributed by atoms with van der Waals surface area (Å²) in [5.74, 6) is -0.0138. The molecular formula is C54H80O21S2. The fourth-order valence-corrected chi connectivity index (χ4v) is 16.2. The molecule has 0 aliphatic carbocycles. The second-order valence-electron chi connectivity index (χ2n) is 25.2. The molecule has 0 radical (unpaired) electrons. The number of ether oxygens (including phenoxy) is 11. The Morgan fingerprint density at radius 1 is 0.714 bits per heavy atom. The summed E-state index contributed by atoms with van der Waals surface area (Å²) in [5.41, 5.74) is -3.78. The third kappa shape index (κ3) is 11.0. The van der Waals surface area contributed by atoms with Crippen molar-refractivity contribution >= 4 is 20.8 Å². The smallest absolute Gasteiger partial charge is 0.387 e. The zero-order chi connectivity index (χ0) is 55.0. The zero-order valence-corrected chi connectivity index (χ0v) is 46.6. The summed E-state index contributed by atoms with van der Waals surface area (Å²) in [6.45, 7) is 23.1. The van der Waals surface area contributed by atoms with Crippen LogP contribution in [0.2, 0.25) is 0 Å². The van der Waals surface area contributed by atoms with E-state index in [-0.39, 0.29) is 67.6 Å². The second kappa shape index (κ2) is 20.5. The third-order valence-electron chi connectivity index (χ3n) is 19.3. The van der Waals surface area contributed by atoms with E-state index < -0.39 is 129 Å². The highest BCUT2D eigenvalue weighted by atomic mass is 32.3. The van der Waals surface area contributed by atoms with Gasteiger partial charge in [-0.3, -0.25) is 9.11 Å². The molecular weight excluding hydrogens is 1050 g/mol. The molecule has 11 saturated heterocycles. The molecule has 0 saturated carbocycles. The number of rotatable bonds is 11. The molecule has 77 heavy (non-hydrogen) atoms. The van der Waals surface area contributed by atoms with Crippen molar-refractivity contribution in [2.24, 2.45) is 5.92 Å². The van der Waals surface area contributed by atoms with Crippen LogP contribution < -0.4 is 0 Å². The first kappa shape index (κ1) is 57.0. The van der Waals surface area contributed by atoms with Crippen LogP contribution in [-0.2, 0) is 81.3 Å². The van der Waals surface area contributed by atoms with Crippen LogP contribution in [0.5, 0.6) is 0 Å². The summed E-state index contributed by atoms with van der Waals surface area (Å²) in [5, 5.41) is 23.9. The number of hydrogen-bond acceptors (Lipinski definition) is 19. The van der Waals surface area contributed by atoms with Crippen LogP contribution in [0.3, 0.4) is 0 Å². The van der Waals surface area contributed by atoms with E-state index in [0.717, 1.165) is 5.57 Å². The molecule has 0 unspecified atom stereocenters. The van der Waals surface area contributed by atoms with Crippen molar-refractivity contribution in [3.8, 4) is 0 Å². The first-order valence-electron chi connectivity index (χ1n) is 27.7. The summed E-state index contributed by atoms with van der Waals surface area (Å²) in [6.07, 6.45) is 0.815. The van der Waals surface area contributed by atoms with Gasteiger partial charge in [-0.05, 0) is 78.2 Å². The first-order chi connectivity index (χ1) is 36.0. The minimum atomic E-state index is -4.94. The van der Waals surface area contributed by atoms with Crippen LogP contribution in [-0.4, -0.2) is 193 Å². The van der Waals surface area contributed by atoms with Crippen molar-refractivity contribution in [3.05, 3.63) is 49.1 Å². The molecule has 11 aliphatic heterocycles. The van der Waals surface area contributed by atoms with E-state index in [1.165, 1.54) is 6.92 Å². The number of fused-ring (bicyclic) bond motifs is 10. The Labute approximate surface area is 452 Å². The third-order valence-corrected chi connectivity index (χ3v) is 20.2. The van der Waals surface area contributed by atoms with Crippen LogP contribution in [0, 0.1) is 5.92 Å². The standard InChI is InChI=1S/C54H80O21S2/c1-10-11-27(2)12-14-50(5,56)49-28(3)18-38-37(70-49)24-45-54(9,73-38)48(55)47-41(69-45)22-40-46(71-47)29(4)26-53(8)43(68-40)25-42-52(7,75-53)15-13-30-31(67-42)19-33-32(64-30)20-34-35(65-33)21-39-36(66-34)23-44(74-77(60,61)62)51(6,72-39)16-17-63-76(57,58)59/h10,12,14,29-49,55-56H,1-3,11,13,15-26H2,4-9H3,(H,57,58,59)(H,60,61,62)/b14-12+/t29-,30-,31+,32+,33-,34-,35+,36+,37+,38-,39-,40-,41+,42-,43+,44-,45-,46+,47+,48+,49-,50+,51+,52+,53-,54-/m0/s1. The Morgan fingerprint density at radius 2 is 1.30 bits per heavy atom. The van der Waals surface area contributed by atoms with Crippen LogP contribution >= 0.6 is 0 Å². The predicted octanol–water partition coefficient (Wildman–Crippen LogP) is 4.67. The van der Waals surface area contributed by atoms with Crippen LogP contribution in [0.15, 0.2) is 49.1 Å². The zero-order valence-electron chi connectivity index (χ0n) is 44.9. The molecule has 0 bridgehead atoms. The first-order valence-corrected chi connectivity index (χ1v) is 30.4. The Morgan fingerprint density at radius 3 is 1.97 bits per heavy atom. The molecule has 0 aromatic rings. The second-order valence-corrected chi connectivity index (χ2v) is 27.3. The highest BCUT2D eigenvalue weighted by Gasteiger charge is 2.66. The Kier molecular flexibility index (Phi) is 15.2. The Balaban J connectivity index is 0.743. The molecule has 11 rings (SSSR count). The number of aliphatic hydroxyl groups excluding tert-OH is 1. The summed E-state index contributed by atoms with van der Waals surface area (Å²) >= 11 is 0. The normalized spacial score (nSPS) is 51.4. The minimum absolute atomic E-state index is 0.00227. The van der Waals surface area contributed by atoms with Gasteiger partial charge in [0.2, 0.25) is 0 Å². The lowest BCUT2D eigenvalue weighted by Crippen LogP contribution is -2.73. The lowest BCUT2D eigenvalue weighted by atomic mass is 9.74. The molecule has 434 valence electrons. The van der Waals surface area contributed by atoms with Crippen molar-refractivity contribution < 1.29 is 96.6 Å². The van der Waals surface area contributed by atoms with Gasteiger partial charge in [-0.15, -0.1) is 6.58 Å². The molecule has 0 aromatic carbocycles. The van der Waals surface area contributed by atoms with Crippen molar-refractivity contribution in [2.75, 3.05) is 6.61 Å². The van der Waals surface area contributed by atoms with E-state index in [2.05, 4.69) is 44.7 Å². The number of allylic oxidation sites excluding steroid dienone is 3. The van der Waals surface area contributed by atoms with E-state index in [9.17, 15) is 31.6 Å². The van der Waals surface area contributed by atoms with Gasteiger partial charge in [0.25, 0.3) is 0 Å². The monoisotopic (exact) mass is 1130 g/mol. The highest BCUT2D eigenvalue weighted by molar-refractivity contribution is 7.81. The Bertz CT molecular complexity index is 2530. The lowest BCUT2D eigenvalue weighted by Gasteiger charge is -2.59. The van der Waals surface area contributed by atoms with Gasteiger partial charge in [-0.2, -0.15) is 16.8 Å². The van der Waals surface area contributed by atoms with Crippen molar-refractivity contribution in [3.63, 3.8) is 0 Å². The van der Waals surface area contributed by atoms with Gasteiger partial charge in [0.15, 0.2) is 0 Å². The van der Waals surface area contributed by atoms with Crippen molar-refractivity contribution in [1.82, 2.24) is 0 Å². The van der Waals surface area contributed by atoms with Crippen molar-refractivity contribution in [1.29, 1.82) is 0 Å². The molecule has 0 amide bonds. The summed E-state index contributed by atoms with van der Waals surface area (Å²) < 4.78 is 151. The number of hydrogen-bond donors (Lipinski definition) is 4. The van der Waals surface area contributed by atoms with Gasteiger partial charge >= 0.3 is 20.8 Å². The molecule has 11 aliphatic rings. The van der Waals surface area contributed by atoms with Crippen LogP contribution in [0.4, 0.5) is 0 Å². The summed E-state index contributed by atoms with van der Waals surface area (Å²) in [6, 6.07) is 0. The Hall–Kier alpha value is -1.82. The minimum Gasteiger partial charge on any atom is -0.387 e. The molecule has 11 heterocycles. The van der Waals surface area contributed by atoms with E-state index in [0.29, 0.717) is 76.2 Å². The summed E-state index contributed by atoms with van der Waals surface area (Å²) in [4.78, 5) is 0. The SMILES string of the molecule is C=CCC(=C)/C=C/[C@@](C)(O)[C@H]1O[C@@H]2C[C@@H]3O[C@@H]4C[C@@H]5O[C@@H]6C[C@@H]7O[C@@H]8C[C@@H]9O[C@@H]%10C[C@@H]%11O[C@](C)(CCOS(=O)(=O)O)[C@@H](OS(=O)(=O)O)C[C@H]%11O[C@H]%10C[C@H]9O[C@H]8CC[C@@]7(C)O[C@@]6(C)C[C@H](C)[C@H]5O[C@H]4[C@@H](O)[C@@]3(C)O[C@H]2CC1=C. The average molecular weight is 1130 g/mol. The lowest BCUT2D eigenvalue weighted by molar-refractivity contribution is -0.361. The van der Waals surface area contributed by atoms with Crippen LogP contribution in [0.25, 0.3) is 0 Å². The van der Waals surface area contributed by atoms with Gasteiger partial charge in [-0.25, -0.2) is 8.37 Å². The average Bonchev–Trinajstić information content (AvgIpc) is 3.64. The quantitative estimate of drug-likeness (QED) is 0.124. The van der Waals surface area contributed by atoms with Crippen LogP contribution in [0.1, 0.15) is 125 Å². The molecule has 4 N–H and O–H groups in total. The fourth-order valence-electron chi connectivity index (χ4n) is 15.3. The van der Waals surface area contributed by atoms with Gasteiger partial charge in [0.1, 0.15) is 35.6 Å². The molecule has 23 heteroatoms. The maximum atomic E-state index is 12.3. The summed E-state index contributed by atoms with van der Waals surface area (Å²) in [7, 11) is -9.73. The topological polar surface area (TPSA) is 269 Å². The maximum absolute atomic E-state index is 12.3. The molecule has 0 spiro atoms. The molecule has 11 fully saturated rings. The fraction of sp³-hybridized carbons (Fsp3) is 0.852. The maximum Gasteiger partial charge on any atom is 0.397 e. The molecule has 26 atom stereocenters. The van der Waals surface area contributed by atoms with Gasteiger partial charge < -0.3 is 62.3 Å². The molecule has 21 nitrogen and oxygen atoms in total. The predicted molar refractivity (Wildman–Crippen MR) is 271 cm³/mol. The van der Waals surface area contributed by atoms with E-state index in [1.807, 2.05) is 6.92 Å². The van der Waals surface area contributed by atoms with E-state index >= 15 is 0 Å². The van der Waals surface area contributed by atoms with Gasteiger partial charge in [0, 0.05) is 51.4 Å². The van der Waals surface area contributed by atoms with E-state index in [4.69, 9.17) is 60.8 Å². The highest BCUT2D eigenvalue weighted by Crippen LogP contribution is 2.54.